The average Bonchev–Trinajstić information content (AvgIpc) is 3.25. The number of primary amides is 1. The van der Waals surface area contributed by atoms with Crippen molar-refractivity contribution in [2.24, 2.45) is 5.73 Å². The van der Waals surface area contributed by atoms with Crippen molar-refractivity contribution in [2.45, 2.75) is 52.0 Å². The SMILES string of the molecule is CCCCc1c(-c2cccnc2)c(C(N)=O)c(C)n1C1CCc2ccccc21. The van der Waals surface area contributed by atoms with Crippen molar-refractivity contribution in [3.63, 3.8) is 0 Å². The lowest BCUT2D eigenvalue weighted by Crippen LogP contribution is -2.15. The molecule has 0 spiro atoms. The highest BCUT2D eigenvalue weighted by Crippen LogP contribution is 2.41. The molecule has 0 radical (unpaired) electrons. The molecule has 4 rings (SSSR count). The van der Waals surface area contributed by atoms with Crippen LogP contribution in [0.2, 0.25) is 0 Å². The zero-order chi connectivity index (χ0) is 19.7. The average molecular weight is 374 g/mol. The minimum atomic E-state index is -0.362. The maximum Gasteiger partial charge on any atom is 0.251 e. The second kappa shape index (κ2) is 7.63. The van der Waals surface area contributed by atoms with Crippen LogP contribution in [0.1, 0.15) is 65.1 Å². The van der Waals surface area contributed by atoms with Crippen LogP contribution in [0.3, 0.4) is 0 Å². The number of fused-ring (bicyclic) bond motifs is 1. The minimum Gasteiger partial charge on any atom is -0.366 e. The normalized spacial score (nSPS) is 15.6. The van der Waals surface area contributed by atoms with Gasteiger partial charge in [-0.3, -0.25) is 9.78 Å². The second-order valence-electron chi connectivity index (χ2n) is 7.61. The van der Waals surface area contributed by atoms with Crippen LogP contribution in [-0.4, -0.2) is 15.5 Å². The predicted octanol–water partition coefficient (Wildman–Crippen LogP) is 4.84. The molecule has 0 saturated heterocycles. The first-order valence-corrected chi connectivity index (χ1v) is 10.1. The summed E-state index contributed by atoms with van der Waals surface area (Å²) in [7, 11) is 0. The number of pyridine rings is 1. The first-order chi connectivity index (χ1) is 13.6. The number of hydrogen-bond donors (Lipinski definition) is 1. The van der Waals surface area contributed by atoms with Crippen molar-refractivity contribution in [1.29, 1.82) is 0 Å². The highest BCUT2D eigenvalue weighted by molar-refractivity contribution is 6.02. The van der Waals surface area contributed by atoms with Crippen molar-refractivity contribution in [3.8, 4) is 11.1 Å². The summed E-state index contributed by atoms with van der Waals surface area (Å²) in [5.41, 5.74) is 13.4. The Morgan fingerprint density at radius 3 is 2.79 bits per heavy atom. The lowest BCUT2D eigenvalue weighted by atomic mass is 9.99. The van der Waals surface area contributed by atoms with E-state index in [2.05, 4.69) is 40.7 Å². The third kappa shape index (κ3) is 3.03. The Labute approximate surface area is 166 Å². The van der Waals surface area contributed by atoms with Crippen molar-refractivity contribution in [1.82, 2.24) is 9.55 Å². The summed E-state index contributed by atoms with van der Waals surface area (Å²) >= 11 is 0. The minimum absolute atomic E-state index is 0.256. The van der Waals surface area contributed by atoms with E-state index < -0.39 is 0 Å². The van der Waals surface area contributed by atoms with Crippen molar-refractivity contribution < 1.29 is 4.79 Å². The number of benzene rings is 1. The predicted molar refractivity (Wildman–Crippen MR) is 112 cm³/mol. The fraction of sp³-hybridized carbons (Fsp3) is 0.333. The van der Waals surface area contributed by atoms with Crippen molar-refractivity contribution >= 4 is 5.91 Å². The summed E-state index contributed by atoms with van der Waals surface area (Å²) in [5, 5.41) is 0. The van der Waals surface area contributed by atoms with Crippen LogP contribution < -0.4 is 5.73 Å². The lowest BCUT2D eigenvalue weighted by Gasteiger charge is -2.21. The Bertz CT molecular complexity index is 1000. The quantitative estimate of drug-likeness (QED) is 0.672. The molecule has 1 aromatic carbocycles. The van der Waals surface area contributed by atoms with Gasteiger partial charge in [-0.2, -0.15) is 0 Å². The number of carbonyl (C=O) groups is 1. The van der Waals surface area contributed by atoms with E-state index in [1.54, 1.807) is 6.20 Å². The van der Waals surface area contributed by atoms with E-state index in [-0.39, 0.29) is 11.9 Å². The second-order valence-corrected chi connectivity index (χ2v) is 7.61. The van der Waals surface area contributed by atoms with Gasteiger partial charge < -0.3 is 10.3 Å². The standard InChI is InChI=1S/C24H27N3O/c1-3-4-11-21-23(18-9-7-14-26-15-18)22(24(25)28)16(2)27(21)20-13-12-17-8-5-6-10-19(17)20/h5-10,14-15,20H,3-4,11-13H2,1-2H3,(H2,25,28). The Hall–Kier alpha value is -2.88. The van der Waals surface area contributed by atoms with Gasteiger partial charge in [-0.15, -0.1) is 0 Å². The largest absolute Gasteiger partial charge is 0.366 e. The number of rotatable bonds is 6. The monoisotopic (exact) mass is 373 g/mol. The Morgan fingerprint density at radius 1 is 1.25 bits per heavy atom. The first kappa shape index (κ1) is 18.5. The molecule has 0 saturated carbocycles. The molecule has 1 unspecified atom stereocenters. The van der Waals surface area contributed by atoms with E-state index in [4.69, 9.17) is 5.73 Å². The van der Waals surface area contributed by atoms with Gasteiger partial charge in [0.2, 0.25) is 0 Å². The fourth-order valence-corrected chi connectivity index (χ4v) is 4.71. The molecular weight excluding hydrogens is 346 g/mol. The molecule has 1 aliphatic carbocycles. The number of nitrogens with two attached hydrogens (primary N) is 1. The molecule has 4 nitrogen and oxygen atoms in total. The number of aryl methyl sites for hydroxylation is 1. The molecule has 2 heterocycles. The van der Waals surface area contributed by atoms with Crippen LogP contribution in [0.25, 0.3) is 11.1 Å². The van der Waals surface area contributed by atoms with E-state index in [0.717, 1.165) is 48.9 Å². The molecule has 0 bridgehead atoms. The lowest BCUT2D eigenvalue weighted by molar-refractivity contribution is 0.1000. The van der Waals surface area contributed by atoms with Gasteiger partial charge in [0, 0.05) is 34.9 Å². The number of nitrogens with zero attached hydrogens (tertiary/aromatic N) is 2. The molecule has 0 aliphatic heterocycles. The summed E-state index contributed by atoms with van der Waals surface area (Å²) in [6.45, 7) is 4.24. The van der Waals surface area contributed by atoms with Crippen LogP contribution in [0.15, 0.2) is 48.8 Å². The van der Waals surface area contributed by atoms with Gasteiger partial charge in [-0.05, 0) is 49.8 Å². The van der Waals surface area contributed by atoms with Crippen LogP contribution in [-0.2, 0) is 12.8 Å². The van der Waals surface area contributed by atoms with E-state index in [9.17, 15) is 4.79 Å². The molecule has 28 heavy (non-hydrogen) atoms. The summed E-state index contributed by atoms with van der Waals surface area (Å²) in [5.74, 6) is -0.362. The molecule has 1 aliphatic rings. The zero-order valence-electron chi connectivity index (χ0n) is 16.6. The van der Waals surface area contributed by atoms with E-state index >= 15 is 0 Å². The number of carbonyl (C=O) groups excluding carboxylic acids is 1. The molecule has 2 aromatic heterocycles. The van der Waals surface area contributed by atoms with Gasteiger partial charge in [-0.25, -0.2) is 0 Å². The summed E-state index contributed by atoms with van der Waals surface area (Å²) in [6.07, 6.45) is 8.82. The molecule has 144 valence electrons. The van der Waals surface area contributed by atoms with Gasteiger partial charge >= 0.3 is 0 Å². The van der Waals surface area contributed by atoms with Crippen LogP contribution >= 0.6 is 0 Å². The number of amides is 1. The highest BCUT2D eigenvalue weighted by atomic mass is 16.1. The Balaban J connectivity index is 1.97. The molecule has 1 atom stereocenters. The van der Waals surface area contributed by atoms with Gasteiger partial charge in [-0.1, -0.05) is 43.7 Å². The van der Waals surface area contributed by atoms with Crippen molar-refractivity contribution in [2.75, 3.05) is 0 Å². The third-order valence-electron chi connectivity index (χ3n) is 5.93. The highest BCUT2D eigenvalue weighted by Gasteiger charge is 2.31. The number of aromatic nitrogens is 2. The van der Waals surface area contributed by atoms with Crippen LogP contribution in [0.5, 0.6) is 0 Å². The molecular formula is C24H27N3O. The molecule has 4 heteroatoms. The topological polar surface area (TPSA) is 60.9 Å². The zero-order valence-corrected chi connectivity index (χ0v) is 16.6. The van der Waals surface area contributed by atoms with Gasteiger partial charge in [0.15, 0.2) is 0 Å². The van der Waals surface area contributed by atoms with E-state index in [0.29, 0.717) is 5.56 Å². The number of unbranched alkanes of at least 4 members (excludes halogenated alkanes) is 1. The summed E-state index contributed by atoms with van der Waals surface area (Å²) < 4.78 is 2.39. The third-order valence-corrected chi connectivity index (χ3v) is 5.93. The number of hydrogen-bond acceptors (Lipinski definition) is 2. The van der Waals surface area contributed by atoms with E-state index in [1.165, 1.54) is 16.8 Å². The molecule has 1 amide bonds. The van der Waals surface area contributed by atoms with Crippen LogP contribution in [0.4, 0.5) is 0 Å². The molecule has 3 aromatic rings. The first-order valence-electron chi connectivity index (χ1n) is 10.1. The van der Waals surface area contributed by atoms with Gasteiger partial charge in [0.1, 0.15) is 0 Å². The van der Waals surface area contributed by atoms with Gasteiger partial charge in [0.05, 0.1) is 11.6 Å². The Kier molecular flexibility index (Phi) is 5.03. The summed E-state index contributed by atoms with van der Waals surface area (Å²) in [6, 6.07) is 12.9. The molecule has 0 fully saturated rings. The van der Waals surface area contributed by atoms with Gasteiger partial charge in [0.25, 0.3) is 5.91 Å². The fourth-order valence-electron chi connectivity index (χ4n) is 4.71. The van der Waals surface area contributed by atoms with E-state index in [1.807, 2.05) is 25.3 Å². The Morgan fingerprint density at radius 2 is 2.07 bits per heavy atom. The molecule has 2 N–H and O–H groups in total. The van der Waals surface area contributed by atoms with Crippen LogP contribution in [0, 0.1) is 6.92 Å². The maximum atomic E-state index is 12.5. The maximum absolute atomic E-state index is 12.5. The summed E-state index contributed by atoms with van der Waals surface area (Å²) in [4.78, 5) is 16.8. The smallest absolute Gasteiger partial charge is 0.251 e. The van der Waals surface area contributed by atoms with Crippen molar-refractivity contribution in [3.05, 3.63) is 76.9 Å².